The van der Waals surface area contributed by atoms with Crippen LogP contribution >= 0.6 is 0 Å². The van der Waals surface area contributed by atoms with Gasteiger partial charge in [-0.2, -0.15) is 0 Å². The molecule has 1 rings (SSSR count). The lowest BCUT2D eigenvalue weighted by Gasteiger charge is -2.13. The van der Waals surface area contributed by atoms with Crippen LogP contribution in [0, 0.1) is 11.6 Å². The number of halogens is 2. The molecule has 6 heteroatoms. The molecule has 0 fully saturated rings. The van der Waals surface area contributed by atoms with Gasteiger partial charge in [0.15, 0.2) is 17.4 Å². The first-order chi connectivity index (χ1) is 8.47. The molecule has 4 nitrogen and oxygen atoms in total. The van der Waals surface area contributed by atoms with Gasteiger partial charge in [-0.25, -0.2) is 13.8 Å². The summed E-state index contributed by atoms with van der Waals surface area (Å²) >= 11 is 0. The van der Waals surface area contributed by atoms with Gasteiger partial charge in [-0.3, -0.25) is 4.79 Å². The Balaban J connectivity index is 2.90. The summed E-state index contributed by atoms with van der Waals surface area (Å²) in [6.07, 6.45) is 1.31. The molecule has 18 heavy (non-hydrogen) atoms. The third kappa shape index (κ3) is 3.35. The highest BCUT2D eigenvalue weighted by molar-refractivity contribution is 6.08. The summed E-state index contributed by atoms with van der Waals surface area (Å²) in [5.74, 6) is -2.84. The topological polar surface area (TPSA) is 52.6 Å². The second-order valence-corrected chi connectivity index (χ2v) is 3.73. The Labute approximate surface area is 103 Å². The maximum absolute atomic E-state index is 13.4. The maximum atomic E-state index is 13.4. The predicted octanol–water partition coefficient (Wildman–Crippen LogP) is 1.44. The van der Waals surface area contributed by atoms with Crippen LogP contribution in [0.4, 0.5) is 8.78 Å². The molecule has 1 aromatic carbocycles. The van der Waals surface area contributed by atoms with Crippen molar-refractivity contribution in [2.24, 2.45) is 0 Å². The quantitative estimate of drug-likeness (QED) is 0.362. The van der Waals surface area contributed by atoms with Gasteiger partial charge < -0.3 is 10.5 Å². The van der Waals surface area contributed by atoms with Crippen molar-refractivity contribution >= 4 is 5.78 Å². The van der Waals surface area contributed by atoms with E-state index in [1.165, 1.54) is 30.3 Å². The number of nitrogens with zero attached hydrogens (tertiary/aromatic N) is 1. The van der Waals surface area contributed by atoms with Gasteiger partial charge in [-0.1, -0.05) is 6.07 Å². The van der Waals surface area contributed by atoms with Crippen molar-refractivity contribution in [1.82, 2.24) is 10.4 Å². The van der Waals surface area contributed by atoms with E-state index in [9.17, 15) is 13.6 Å². The van der Waals surface area contributed by atoms with Crippen LogP contribution in [0.5, 0.6) is 0 Å². The van der Waals surface area contributed by atoms with Gasteiger partial charge in [-0.05, 0) is 19.1 Å². The monoisotopic (exact) mass is 256 g/mol. The number of aliphatic hydroxyl groups is 1. The van der Waals surface area contributed by atoms with Crippen LogP contribution in [-0.4, -0.2) is 29.7 Å². The van der Waals surface area contributed by atoms with E-state index < -0.39 is 17.4 Å². The van der Waals surface area contributed by atoms with E-state index in [4.69, 9.17) is 5.11 Å². The number of allylic oxidation sites excluding steroid dienone is 1. The highest BCUT2D eigenvalue weighted by Gasteiger charge is 2.16. The number of aliphatic hydroxyl groups excluding tert-OH is 1. The van der Waals surface area contributed by atoms with Gasteiger partial charge in [0, 0.05) is 18.8 Å². The Kier molecular flexibility index (Phi) is 4.94. The fourth-order valence-electron chi connectivity index (χ4n) is 1.20. The number of Topliss-reactive ketones (excluding diaryl/α,β-unsaturated/α-hetero) is 1. The third-order valence-electron chi connectivity index (χ3n) is 2.27. The average Bonchev–Trinajstić information content (AvgIpc) is 2.37. The van der Waals surface area contributed by atoms with Crippen LogP contribution in [0.2, 0.25) is 0 Å². The molecule has 0 heterocycles. The van der Waals surface area contributed by atoms with Crippen molar-refractivity contribution in [1.29, 1.82) is 0 Å². The fourth-order valence-corrected chi connectivity index (χ4v) is 1.20. The van der Waals surface area contributed by atoms with Crippen molar-refractivity contribution in [3.05, 3.63) is 47.2 Å². The molecule has 0 aliphatic heterocycles. The third-order valence-corrected chi connectivity index (χ3v) is 2.27. The molecule has 0 aliphatic carbocycles. The lowest BCUT2D eigenvalue weighted by molar-refractivity contribution is 0.0989. The van der Waals surface area contributed by atoms with Crippen LogP contribution in [0.1, 0.15) is 17.3 Å². The molecule has 0 spiro atoms. The van der Waals surface area contributed by atoms with Crippen LogP contribution in [0.15, 0.2) is 30.0 Å². The minimum atomic E-state index is -1.16. The summed E-state index contributed by atoms with van der Waals surface area (Å²) in [4.78, 5) is 11.8. The predicted molar refractivity (Wildman–Crippen MR) is 62.4 cm³/mol. The lowest BCUT2D eigenvalue weighted by atomic mass is 10.0. The summed E-state index contributed by atoms with van der Waals surface area (Å²) in [6.45, 7) is 1.21. The molecular formula is C12H14F2N2O2. The number of nitrogens with one attached hydrogen (secondary N) is 1. The molecule has 0 saturated heterocycles. The SMILES string of the molecule is C/C(=C\NN(C)CO)C(=O)c1cccc(F)c1F. The Morgan fingerprint density at radius 1 is 1.50 bits per heavy atom. The standard InChI is InChI=1S/C12H14F2N2O2/c1-8(6-15-16(2)7-17)12(18)9-4-3-5-10(13)11(9)14/h3-6,15,17H,7H2,1-2H3/b8-6+. The number of hydrogen-bond donors (Lipinski definition) is 2. The fraction of sp³-hybridized carbons (Fsp3) is 0.250. The van der Waals surface area contributed by atoms with Gasteiger partial charge in [0.25, 0.3) is 0 Å². The highest BCUT2D eigenvalue weighted by Crippen LogP contribution is 2.15. The van der Waals surface area contributed by atoms with Gasteiger partial charge in [0.05, 0.1) is 5.56 Å². The lowest BCUT2D eigenvalue weighted by Crippen LogP contribution is -2.31. The molecule has 0 unspecified atom stereocenters. The second-order valence-electron chi connectivity index (χ2n) is 3.73. The van der Waals surface area contributed by atoms with Crippen LogP contribution < -0.4 is 5.43 Å². The van der Waals surface area contributed by atoms with E-state index in [0.717, 1.165) is 6.07 Å². The summed E-state index contributed by atoms with van der Waals surface area (Å²) in [5.41, 5.74) is 2.47. The largest absolute Gasteiger partial charge is 0.379 e. The number of carbonyl (C=O) groups excluding carboxylic acids is 1. The van der Waals surface area contributed by atoms with E-state index in [0.29, 0.717) is 0 Å². The van der Waals surface area contributed by atoms with Crippen LogP contribution in [0.3, 0.4) is 0 Å². The number of rotatable bonds is 5. The van der Waals surface area contributed by atoms with E-state index in [1.54, 1.807) is 7.05 Å². The number of benzene rings is 1. The minimum Gasteiger partial charge on any atom is -0.379 e. The zero-order valence-electron chi connectivity index (χ0n) is 10.1. The van der Waals surface area contributed by atoms with E-state index in [2.05, 4.69) is 5.43 Å². The average molecular weight is 256 g/mol. The summed E-state index contributed by atoms with van der Waals surface area (Å²) in [7, 11) is 1.55. The molecule has 2 N–H and O–H groups in total. The first-order valence-electron chi connectivity index (χ1n) is 5.21. The first kappa shape index (κ1) is 14.3. The Morgan fingerprint density at radius 3 is 2.78 bits per heavy atom. The number of ketones is 1. The molecule has 0 atom stereocenters. The normalized spacial score (nSPS) is 11.8. The van der Waals surface area contributed by atoms with Gasteiger partial charge >= 0.3 is 0 Å². The molecule has 0 aromatic heterocycles. The Morgan fingerprint density at radius 2 is 2.17 bits per heavy atom. The first-order valence-corrected chi connectivity index (χ1v) is 5.21. The van der Waals surface area contributed by atoms with E-state index in [-0.39, 0.29) is 17.9 Å². The van der Waals surface area contributed by atoms with Crippen molar-refractivity contribution in [2.45, 2.75) is 6.92 Å². The molecule has 1 aromatic rings. The summed E-state index contributed by atoms with van der Waals surface area (Å²) in [5, 5.41) is 10.0. The number of carbonyl (C=O) groups is 1. The molecule has 0 saturated carbocycles. The van der Waals surface area contributed by atoms with Crippen LogP contribution in [0.25, 0.3) is 0 Å². The van der Waals surface area contributed by atoms with Crippen LogP contribution in [-0.2, 0) is 0 Å². The number of hydrazine groups is 1. The molecule has 0 aliphatic rings. The van der Waals surface area contributed by atoms with Crippen molar-refractivity contribution < 1.29 is 18.7 Å². The second kappa shape index (κ2) is 6.23. The van der Waals surface area contributed by atoms with E-state index in [1.807, 2.05) is 0 Å². The summed E-state index contributed by atoms with van der Waals surface area (Å²) < 4.78 is 26.4. The highest BCUT2D eigenvalue weighted by atomic mass is 19.2. The maximum Gasteiger partial charge on any atom is 0.193 e. The van der Waals surface area contributed by atoms with Gasteiger partial charge in [0.1, 0.15) is 6.73 Å². The number of hydrogen-bond acceptors (Lipinski definition) is 4. The van der Waals surface area contributed by atoms with Crippen molar-refractivity contribution in [3.63, 3.8) is 0 Å². The van der Waals surface area contributed by atoms with Crippen molar-refractivity contribution in [2.75, 3.05) is 13.8 Å². The molecule has 0 radical (unpaired) electrons. The Hall–Kier alpha value is -1.79. The minimum absolute atomic E-state index is 0.194. The van der Waals surface area contributed by atoms with Gasteiger partial charge in [0.2, 0.25) is 0 Å². The van der Waals surface area contributed by atoms with E-state index >= 15 is 0 Å². The molecular weight excluding hydrogens is 242 g/mol. The smallest absolute Gasteiger partial charge is 0.193 e. The zero-order valence-corrected chi connectivity index (χ0v) is 10.1. The molecule has 0 amide bonds. The molecule has 0 bridgehead atoms. The zero-order chi connectivity index (χ0) is 13.7. The molecule has 98 valence electrons. The van der Waals surface area contributed by atoms with Crippen molar-refractivity contribution in [3.8, 4) is 0 Å². The Bertz CT molecular complexity index is 475. The summed E-state index contributed by atoms with van der Waals surface area (Å²) in [6, 6.07) is 3.43. The van der Waals surface area contributed by atoms with Gasteiger partial charge in [-0.15, -0.1) is 0 Å².